The Labute approximate surface area is 130 Å². The highest BCUT2D eigenvalue weighted by molar-refractivity contribution is 9.10. The molecule has 20 heavy (non-hydrogen) atoms. The molecule has 0 saturated heterocycles. The van der Waals surface area contributed by atoms with Gasteiger partial charge >= 0.3 is 6.18 Å². The first-order chi connectivity index (χ1) is 9.40. The summed E-state index contributed by atoms with van der Waals surface area (Å²) in [7, 11) is 0. The Balaban J connectivity index is 2.24. The third kappa shape index (κ3) is 8.12. The molecule has 1 atom stereocenters. The van der Waals surface area contributed by atoms with E-state index in [4.69, 9.17) is 11.6 Å². The van der Waals surface area contributed by atoms with Gasteiger partial charge in [0.15, 0.2) is 0 Å². The van der Waals surface area contributed by atoms with Crippen LogP contribution < -0.4 is 0 Å². The zero-order chi connectivity index (χ0) is 15.0. The van der Waals surface area contributed by atoms with E-state index >= 15 is 0 Å². The quantitative estimate of drug-likeness (QED) is 0.449. The van der Waals surface area contributed by atoms with Gasteiger partial charge in [-0.05, 0) is 42.9 Å². The average molecular weight is 374 g/mol. The van der Waals surface area contributed by atoms with Crippen LogP contribution in [0.5, 0.6) is 0 Å². The molecule has 1 aromatic carbocycles. The second kappa shape index (κ2) is 8.90. The molecule has 0 bridgehead atoms. The van der Waals surface area contributed by atoms with Crippen LogP contribution in [0.1, 0.15) is 18.4 Å². The lowest BCUT2D eigenvalue weighted by Crippen LogP contribution is -2.17. The average Bonchev–Trinajstić information content (AvgIpc) is 2.38. The highest BCUT2D eigenvalue weighted by atomic mass is 79.9. The Morgan fingerprint density at radius 2 is 1.85 bits per heavy atom. The summed E-state index contributed by atoms with van der Waals surface area (Å²) in [5.41, 5.74) is 1.18. The van der Waals surface area contributed by atoms with Crippen molar-refractivity contribution in [1.82, 2.24) is 0 Å². The number of halogens is 5. The molecule has 1 unspecified atom stereocenters. The van der Waals surface area contributed by atoms with Crippen LogP contribution in [0.4, 0.5) is 13.2 Å². The predicted molar refractivity (Wildman–Crippen MR) is 78.2 cm³/mol. The minimum atomic E-state index is -4.25. The summed E-state index contributed by atoms with van der Waals surface area (Å²) >= 11 is 9.27. The van der Waals surface area contributed by atoms with Crippen molar-refractivity contribution in [2.45, 2.75) is 25.4 Å². The van der Waals surface area contributed by atoms with Gasteiger partial charge in [0.1, 0.15) is 6.61 Å². The van der Waals surface area contributed by atoms with E-state index in [1.807, 2.05) is 24.3 Å². The zero-order valence-electron chi connectivity index (χ0n) is 10.9. The van der Waals surface area contributed by atoms with Gasteiger partial charge in [-0.3, -0.25) is 0 Å². The molecule has 0 aromatic heterocycles. The Kier molecular flexibility index (Phi) is 7.92. The molecule has 6 heteroatoms. The van der Waals surface area contributed by atoms with Gasteiger partial charge in [-0.1, -0.05) is 28.1 Å². The first-order valence-electron chi connectivity index (χ1n) is 6.35. The molecule has 1 nitrogen and oxygen atoms in total. The minimum Gasteiger partial charge on any atom is -0.372 e. The maximum atomic E-state index is 11.9. The minimum absolute atomic E-state index is 0.118. The van der Waals surface area contributed by atoms with E-state index in [9.17, 15) is 13.2 Å². The number of rotatable bonds is 8. The van der Waals surface area contributed by atoms with Gasteiger partial charge in [0.05, 0.1) is 0 Å². The third-order valence-corrected chi connectivity index (χ3v) is 3.79. The van der Waals surface area contributed by atoms with Crippen molar-refractivity contribution in [3.8, 4) is 0 Å². The Morgan fingerprint density at radius 3 is 2.40 bits per heavy atom. The van der Waals surface area contributed by atoms with Gasteiger partial charge in [-0.15, -0.1) is 11.6 Å². The van der Waals surface area contributed by atoms with Crippen LogP contribution in [0.25, 0.3) is 0 Å². The summed E-state index contributed by atoms with van der Waals surface area (Å²) in [5, 5.41) is 0. The van der Waals surface area contributed by atoms with E-state index in [0.717, 1.165) is 17.3 Å². The van der Waals surface area contributed by atoms with E-state index in [2.05, 4.69) is 20.7 Å². The lowest BCUT2D eigenvalue weighted by atomic mass is 9.97. The standard InChI is InChI=1S/C14H17BrClF3O/c15-13-5-3-11(4-6-13)8-12(9-16)2-1-7-20-10-14(17,18)19/h3-6,12H,1-2,7-10H2. The van der Waals surface area contributed by atoms with Crippen LogP contribution in [0.3, 0.4) is 0 Å². The summed E-state index contributed by atoms with van der Waals surface area (Å²) in [6.45, 7) is -1.06. The van der Waals surface area contributed by atoms with E-state index in [1.54, 1.807) is 0 Å². The van der Waals surface area contributed by atoms with Crippen LogP contribution in [0, 0.1) is 5.92 Å². The molecule has 0 aliphatic carbocycles. The lowest BCUT2D eigenvalue weighted by Gasteiger charge is -2.14. The fourth-order valence-corrected chi connectivity index (χ4v) is 2.38. The van der Waals surface area contributed by atoms with Crippen molar-refractivity contribution in [1.29, 1.82) is 0 Å². The maximum Gasteiger partial charge on any atom is 0.411 e. The van der Waals surface area contributed by atoms with Crippen LogP contribution in [0.15, 0.2) is 28.7 Å². The first-order valence-corrected chi connectivity index (χ1v) is 7.68. The number of alkyl halides is 4. The molecule has 0 spiro atoms. The van der Waals surface area contributed by atoms with Crippen LogP contribution in [0.2, 0.25) is 0 Å². The normalized spacial score (nSPS) is 13.4. The Morgan fingerprint density at radius 1 is 1.20 bits per heavy atom. The summed E-state index contributed by atoms with van der Waals surface area (Å²) in [5.74, 6) is 0.752. The number of benzene rings is 1. The molecule has 0 heterocycles. The summed E-state index contributed by atoms with van der Waals surface area (Å²) in [6.07, 6.45) is -2.07. The van der Waals surface area contributed by atoms with Crippen LogP contribution in [-0.2, 0) is 11.2 Å². The van der Waals surface area contributed by atoms with Gasteiger partial charge < -0.3 is 4.74 Å². The second-order valence-corrected chi connectivity index (χ2v) is 5.89. The Hall–Kier alpha value is -0.260. The Bertz CT molecular complexity index is 381. The third-order valence-electron chi connectivity index (χ3n) is 2.82. The first kappa shape index (κ1) is 17.8. The van der Waals surface area contributed by atoms with Gasteiger partial charge in [0.2, 0.25) is 0 Å². The van der Waals surface area contributed by atoms with Crippen molar-refractivity contribution in [3.63, 3.8) is 0 Å². The fraction of sp³-hybridized carbons (Fsp3) is 0.571. The molecule has 1 rings (SSSR count). The lowest BCUT2D eigenvalue weighted by molar-refractivity contribution is -0.174. The van der Waals surface area contributed by atoms with Crippen molar-refractivity contribution >= 4 is 27.5 Å². The summed E-state index contributed by atoms with van der Waals surface area (Å²) in [4.78, 5) is 0. The molecule has 114 valence electrons. The van der Waals surface area contributed by atoms with Crippen molar-refractivity contribution in [2.24, 2.45) is 5.92 Å². The monoisotopic (exact) mass is 372 g/mol. The van der Waals surface area contributed by atoms with Gasteiger partial charge in [-0.2, -0.15) is 13.2 Å². The second-order valence-electron chi connectivity index (χ2n) is 4.66. The largest absolute Gasteiger partial charge is 0.411 e. The van der Waals surface area contributed by atoms with E-state index < -0.39 is 12.8 Å². The maximum absolute atomic E-state index is 11.9. The number of hydrogen-bond acceptors (Lipinski definition) is 1. The number of ether oxygens (including phenoxy) is 1. The van der Waals surface area contributed by atoms with Crippen LogP contribution in [-0.4, -0.2) is 25.3 Å². The molecular weight excluding hydrogens is 357 g/mol. The van der Waals surface area contributed by atoms with E-state index in [0.29, 0.717) is 12.3 Å². The smallest absolute Gasteiger partial charge is 0.372 e. The molecular formula is C14H17BrClF3O. The van der Waals surface area contributed by atoms with Crippen molar-refractivity contribution < 1.29 is 17.9 Å². The highest BCUT2D eigenvalue weighted by Gasteiger charge is 2.27. The molecule has 0 fully saturated rings. The zero-order valence-corrected chi connectivity index (χ0v) is 13.3. The highest BCUT2D eigenvalue weighted by Crippen LogP contribution is 2.19. The molecule has 0 N–H and O–H groups in total. The predicted octanol–water partition coefficient (Wildman–Crippen LogP) is 5.21. The molecule has 0 amide bonds. The topological polar surface area (TPSA) is 9.23 Å². The van der Waals surface area contributed by atoms with Crippen LogP contribution >= 0.6 is 27.5 Å². The summed E-state index contributed by atoms with van der Waals surface area (Å²) in [6, 6.07) is 7.97. The number of hydrogen-bond donors (Lipinski definition) is 0. The van der Waals surface area contributed by atoms with Crippen molar-refractivity contribution in [3.05, 3.63) is 34.3 Å². The van der Waals surface area contributed by atoms with Gasteiger partial charge in [0, 0.05) is 17.0 Å². The van der Waals surface area contributed by atoms with Crippen molar-refractivity contribution in [2.75, 3.05) is 19.1 Å². The summed E-state index contributed by atoms with van der Waals surface area (Å²) < 4.78 is 41.2. The van der Waals surface area contributed by atoms with E-state index in [-0.39, 0.29) is 12.5 Å². The SMILES string of the molecule is FC(F)(F)COCCCC(CCl)Cc1ccc(Br)cc1. The molecule has 0 saturated carbocycles. The van der Waals surface area contributed by atoms with E-state index in [1.165, 1.54) is 5.56 Å². The van der Waals surface area contributed by atoms with Gasteiger partial charge in [-0.25, -0.2) is 0 Å². The van der Waals surface area contributed by atoms with Gasteiger partial charge in [0.25, 0.3) is 0 Å². The molecule has 0 radical (unpaired) electrons. The fourth-order valence-electron chi connectivity index (χ4n) is 1.85. The molecule has 1 aromatic rings. The molecule has 0 aliphatic rings. The molecule has 0 aliphatic heterocycles.